The predicted octanol–water partition coefficient (Wildman–Crippen LogP) is 3.93. The Bertz CT molecular complexity index is 447. The fourth-order valence-electron chi connectivity index (χ4n) is 1.29. The monoisotopic (exact) mass is 256 g/mol. The van der Waals surface area contributed by atoms with Crippen molar-refractivity contribution < 1.29 is 5.11 Å². The van der Waals surface area contributed by atoms with Gasteiger partial charge in [0.15, 0.2) is 0 Å². The van der Waals surface area contributed by atoms with Gasteiger partial charge < -0.3 is 5.11 Å². The molecule has 0 aliphatic rings. The van der Waals surface area contributed by atoms with Crippen molar-refractivity contribution in [1.29, 1.82) is 0 Å². The van der Waals surface area contributed by atoms with Crippen LogP contribution in [0.2, 0.25) is 0 Å². The summed E-state index contributed by atoms with van der Waals surface area (Å²) in [6, 6.07) is 5.81. The van der Waals surface area contributed by atoms with Crippen molar-refractivity contribution in [3.63, 3.8) is 0 Å². The van der Waals surface area contributed by atoms with Crippen LogP contribution in [0.15, 0.2) is 22.7 Å². The fourth-order valence-corrected chi connectivity index (χ4v) is 2.90. The number of hydrogen-bond acceptors (Lipinski definition) is 2. The molecular weight excluding hydrogens is 248 g/mol. The van der Waals surface area contributed by atoms with Gasteiger partial charge in [-0.1, -0.05) is 6.92 Å². The van der Waals surface area contributed by atoms with Gasteiger partial charge in [0.1, 0.15) is 5.75 Å². The van der Waals surface area contributed by atoms with Crippen LogP contribution in [0.5, 0.6) is 5.75 Å². The second-order valence-electron chi connectivity index (χ2n) is 2.88. The zero-order valence-corrected chi connectivity index (χ0v) is 9.58. The molecule has 13 heavy (non-hydrogen) atoms. The van der Waals surface area contributed by atoms with E-state index in [0.717, 1.165) is 16.3 Å². The molecule has 0 bridgehead atoms. The lowest BCUT2D eigenvalue weighted by molar-refractivity contribution is 0.473. The minimum atomic E-state index is 0.313. The van der Waals surface area contributed by atoms with Gasteiger partial charge in [0.05, 0.1) is 4.47 Å². The summed E-state index contributed by atoms with van der Waals surface area (Å²) in [5.41, 5.74) is 0. The van der Waals surface area contributed by atoms with E-state index in [1.54, 1.807) is 17.4 Å². The molecule has 0 aliphatic carbocycles. The molecule has 68 valence electrons. The van der Waals surface area contributed by atoms with Gasteiger partial charge >= 0.3 is 0 Å². The molecule has 1 nitrogen and oxygen atoms in total. The van der Waals surface area contributed by atoms with Crippen molar-refractivity contribution in [3.8, 4) is 5.75 Å². The minimum absolute atomic E-state index is 0.313. The number of phenols is 1. The van der Waals surface area contributed by atoms with Crippen molar-refractivity contribution in [3.05, 3.63) is 27.5 Å². The quantitative estimate of drug-likeness (QED) is 0.820. The number of benzene rings is 1. The molecular formula is C10H9BrOS. The van der Waals surface area contributed by atoms with Crippen molar-refractivity contribution in [2.45, 2.75) is 13.3 Å². The average molecular weight is 257 g/mol. The third-order valence-electron chi connectivity index (χ3n) is 2.01. The smallest absolute Gasteiger partial charge is 0.130 e. The third-order valence-corrected chi connectivity index (χ3v) is 4.09. The first-order valence-electron chi connectivity index (χ1n) is 4.12. The molecule has 0 spiro atoms. The zero-order chi connectivity index (χ0) is 9.42. The summed E-state index contributed by atoms with van der Waals surface area (Å²) in [5, 5.41) is 10.6. The Morgan fingerprint density at radius 1 is 1.46 bits per heavy atom. The van der Waals surface area contributed by atoms with E-state index >= 15 is 0 Å². The SMILES string of the molecule is CCc1cc2c(Br)c(O)ccc2s1. The van der Waals surface area contributed by atoms with E-state index in [4.69, 9.17) is 0 Å². The first-order chi connectivity index (χ1) is 6.22. The molecule has 0 amide bonds. The summed E-state index contributed by atoms with van der Waals surface area (Å²) in [6.45, 7) is 2.14. The number of fused-ring (bicyclic) bond motifs is 1. The highest BCUT2D eigenvalue weighted by molar-refractivity contribution is 9.10. The van der Waals surface area contributed by atoms with Crippen LogP contribution in [-0.4, -0.2) is 5.11 Å². The van der Waals surface area contributed by atoms with E-state index < -0.39 is 0 Å². The number of phenolic OH excluding ortho intramolecular Hbond substituents is 1. The van der Waals surface area contributed by atoms with Gasteiger partial charge in [0, 0.05) is 15.0 Å². The highest BCUT2D eigenvalue weighted by atomic mass is 79.9. The molecule has 0 saturated carbocycles. The van der Waals surface area contributed by atoms with Crippen LogP contribution in [-0.2, 0) is 6.42 Å². The van der Waals surface area contributed by atoms with E-state index in [9.17, 15) is 5.11 Å². The van der Waals surface area contributed by atoms with Crippen molar-refractivity contribution in [2.75, 3.05) is 0 Å². The zero-order valence-electron chi connectivity index (χ0n) is 7.17. The Kier molecular flexibility index (Phi) is 2.30. The van der Waals surface area contributed by atoms with Crippen LogP contribution in [0.4, 0.5) is 0 Å². The van der Waals surface area contributed by atoms with Crippen molar-refractivity contribution in [2.24, 2.45) is 0 Å². The minimum Gasteiger partial charge on any atom is -0.507 e. The van der Waals surface area contributed by atoms with E-state index in [1.165, 1.54) is 9.58 Å². The lowest BCUT2D eigenvalue weighted by Crippen LogP contribution is -1.69. The summed E-state index contributed by atoms with van der Waals surface area (Å²) in [5.74, 6) is 0.313. The standard InChI is InChI=1S/C10H9BrOS/c1-2-6-5-7-9(13-6)4-3-8(12)10(7)11/h3-5,12H,2H2,1H3. The highest BCUT2D eigenvalue weighted by Crippen LogP contribution is 2.36. The Hall–Kier alpha value is -0.540. The largest absolute Gasteiger partial charge is 0.507 e. The Balaban J connectivity index is 2.76. The van der Waals surface area contributed by atoms with E-state index in [2.05, 4.69) is 28.9 Å². The number of aromatic hydroxyl groups is 1. The first kappa shape index (κ1) is 9.03. The fraction of sp³-hybridized carbons (Fsp3) is 0.200. The van der Waals surface area contributed by atoms with Gasteiger partial charge in [0.25, 0.3) is 0 Å². The maximum atomic E-state index is 9.46. The average Bonchev–Trinajstić information content (AvgIpc) is 2.55. The summed E-state index contributed by atoms with van der Waals surface area (Å²) in [4.78, 5) is 1.35. The molecule has 3 heteroatoms. The number of halogens is 1. The van der Waals surface area contributed by atoms with Gasteiger partial charge in [-0.25, -0.2) is 0 Å². The molecule has 0 fully saturated rings. The molecule has 0 aliphatic heterocycles. The number of thiophene rings is 1. The maximum Gasteiger partial charge on any atom is 0.130 e. The molecule has 0 atom stereocenters. The van der Waals surface area contributed by atoms with E-state index in [-0.39, 0.29) is 0 Å². The lowest BCUT2D eigenvalue weighted by atomic mass is 10.2. The summed E-state index contributed by atoms with van der Waals surface area (Å²) < 4.78 is 2.03. The van der Waals surface area contributed by atoms with Gasteiger partial charge in [-0.3, -0.25) is 0 Å². The van der Waals surface area contributed by atoms with Crippen LogP contribution < -0.4 is 0 Å². The topological polar surface area (TPSA) is 20.2 Å². The molecule has 1 N–H and O–H groups in total. The molecule has 0 radical (unpaired) electrons. The Morgan fingerprint density at radius 3 is 2.92 bits per heavy atom. The second kappa shape index (κ2) is 3.31. The molecule has 2 rings (SSSR count). The molecule has 0 unspecified atom stereocenters. The number of aryl methyl sites for hydroxylation is 1. The van der Waals surface area contributed by atoms with Gasteiger partial charge in [-0.2, -0.15) is 0 Å². The van der Waals surface area contributed by atoms with Crippen LogP contribution in [0.1, 0.15) is 11.8 Å². The highest BCUT2D eigenvalue weighted by Gasteiger charge is 2.06. The maximum absolute atomic E-state index is 9.46. The van der Waals surface area contributed by atoms with Crippen LogP contribution >= 0.6 is 27.3 Å². The number of rotatable bonds is 1. The molecule has 1 aromatic carbocycles. The van der Waals surface area contributed by atoms with E-state index in [0.29, 0.717) is 5.75 Å². The van der Waals surface area contributed by atoms with Gasteiger partial charge in [-0.05, 0) is 40.5 Å². The molecule has 1 aromatic heterocycles. The molecule has 2 aromatic rings. The van der Waals surface area contributed by atoms with Crippen molar-refractivity contribution >= 4 is 37.4 Å². The number of hydrogen-bond donors (Lipinski definition) is 1. The Labute approximate surface area is 89.1 Å². The van der Waals surface area contributed by atoms with Gasteiger partial charge in [0.2, 0.25) is 0 Å². The van der Waals surface area contributed by atoms with Crippen LogP contribution in [0, 0.1) is 0 Å². The second-order valence-corrected chi connectivity index (χ2v) is 4.84. The van der Waals surface area contributed by atoms with Crippen molar-refractivity contribution in [1.82, 2.24) is 0 Å². The lowest BCUT2D eigenvalue weighted by Gasteiger charge is -1.96. The predicted molar refractivity (Wildman–Crippen MR) is 60.6 cm³/mol. The molecule has 1 heterocycles. The first-order valence-corrected chi connectivity index (χ1v) is 5.73. The normalized spacial score (nSPS) is 10.9. The van der Waals surface area contributed by atoms with E-state index in [1.807, 2.05) is 6.07 Å². The summed E-state index contributed by atoms with van der Waals surface area (Å²) >= 11 is 5.16. The Morgan fingerprint density at radius 2 is 2.23 bits per heavy atom. The molecule has 0 saturated heterocycles. The summed E-state index contributed by atoms with van der Waals surface area (Å²) in [6.07, 6.45) is 1.05. The summed E-state index contributed by atoms with van der Waals surface area (Å²) in [7, 11) is 0. The van der Waals surface area contributed by atoms with Crippen LogP contribution in [0.3, 0.4) is 0 Å². The third kappa shape index (κ3) is 1.46. The van der Waals surface area contributed by atoms with Gasteiger partial charge in [-0.15, -0.1) is 11.3 Å². The van der Waals surface area contributed by atoms with Crippen LogP contribution in [0.25, 0.3) is 10.1 Å².